The molecule has 0 fully saturated rings. The van der Waals surface area contributed by atoms with E-state index < -0.39 is 0 Å². The minimum absolute atomic E-state index is 0.281. The average Bonchev–Trinajstić information content (AvgIpc) is 3.03. The van der Waals surface area contributed by atoms with Gasteiger partial charge in [-0.2, -0.15) is 0 Å². The van der Waals surface area contributed by atoms with Gasteiger partial charge in [0.2, 0.25) is 0 Å². The quantitative estimate of drug-likeness (QED) is 0.618. The van der Waals surface area contributed by atoms with Crippen LogP contribution in [0.2, 0.25) is 0 Å². The molecule has 2 heterocycles. The van der Waals surface area contributed by atoms with E-state index in [2.05, 4.69) is 70.0 Å². The maximum atomic E-state index is 5.10. The van der Waals surface area contributed by atoms with Crippen molar-refractivity contribution >= 4 is 38.6 Å². The molecule has 0 radical (unpaired) electrons. The van der Waals surface area contributed by atoms with Gasteiger partial charge >= 0.3 is 0 Å². The fourth-order valence-electron chi connectivity index (χ4n) is 2.28. The predicted octanol–water partition coefficient (Wildman–Crippen LogP) is 4.50. The van der Waals surface area contributed by atoms with Crippen LogP contribution in [0.3, 0.4) is 0 Å². The number of rotatable bonds is 0. The van der Waals surface area contributed by atoms with Gasteiger partial charge in [-0.15, -0.1) is 29.1 Å². The monoisotopic (exact) mass is 342 g/mol. The SMILES string of the molecule is C#CC#CC#CC1(C)c2ccsc2-c2sc(Br)cc21. The van der Waals surface area contributed by atoms with Crippen LogP contribution < -0.4 is 0 Å². The average molecular weight is 343 g/mol. The summed E-state index contributed by atoms with van der Waals surface area (Å²) in [4.78, 5) is 2.64. The van der Waals surface area contributed by atoms with E-state index in [1.54, 1.807) is 22.7 Å². The van der Waals surface area contributed by atoms with Crippen LogP contribution in [0.4, 0.5) is 0 Å². The molecule has 0 aromatic carbocycles. The second kappa shape index (κ2) is 4.59. The molecule has 1 unspecified atom stereocenters. The minimum atomic E-state index is -0.281. The molecule has 2 aromatic heterocycles. The van der Waals surface area contributed by atoms with Gasteiger partial charge in [-0.3, -0.25) is 0 Å². The Bertz CT molecular complexity index is 824. The van der Waals surface area contributed by atoms with Crippen LogP contribution in [0.25, 0.3) is 9.75 Å². The molecule has 0 saturated carbocycles. The van der Waals surface area contributed by atoms with Gasteiger partial charge in [-0.1, -0.05) is 5.92 Å². The lowest BCUT2D eigenvalue weighted by molar-refractivity contribution is 0.782. The van der Waals surface area contributed by atoms with Crippen LogP contribution in [0.5, 0.6) is 0 Å². The Balaban J connectivity index is 2.21. The fourth-order valence-corrected chi connectivity index (χ4v) is 5.17. The highest BCUT2D eigenvalue weighted by atomic mass is 79.9. The summed E-state index contributed by atoms with van der Waals surface area (Å²) < 4.78 is 1.14. The first-order valence-corrected chi connectivity index (χ1v) is 8.01. The Morgan fingerprint density at radius 3 is 2.84 bits per heavy atom. The second-order valence-electron chi connectivity index (χ2n) is 4.23. The molecule has 3 heteroatoms. The van der Waals surface area contributed by atoms with Crippen LogP contribution in [0.15, 0.2) is 21.3 Å². The molecule has 0 saturated heterocycles. The Kier molecular flexibility index (Phi) is 3.04. The number of halogens is 1. The molecule has 19 heavy (non-hydrogen) atoms. The lowest BCUT2D eigenvalue weighted by atomic mass is 9.82. The van der Waals surface area contributed by atoms with Crippen LogP contribution in [0, 0.1) is 36.0 Å². The van der Waals surface area contributed by atoms with E-state index >= 15 is 0 Å². The molecule has 2 aromatic rings. The van der Waals surface area contributed by atoms with Gasteiger partial charge in [-0.05, 0) is 75.2 Å². The van der Waals surface area contributed by atoms with E-state index in [0.29, 0.717) is 0 Å². The van der Waals surface area contributed by atoms with E-state index in [0.717, 1.165) is 3.79 Å². The summed E-state index contributed by atoms with van der Waals surface area (Å²) in [5.74, 6) is 13.7. The zero-order valence-corrected chi connectivity index (χ0v) is 13.2. The lowest BCUT2D eigenvalue weighted by Crippen LogP contribution is -2.16. The largest absolute Gasteiger partial charge is 0.143 e. The first-order valence-electron chi connectivity index (χ1n) is 5.53. The van der Waals surface area contributed by atoms with Crippen LogP contribution in [-0.4, -0.2) is 0 Å². The van der Waals surface area contributed by atoms with Gasteiger partial charge in [0.1, 0.15) is 0 Å². The Morgan fingerprint density at radius 2 is 2.05 bits per heavy atom. The minimum Gasteiger partial charge on any atom is -0.143 e. The van der Waals surface area contributed by atoms with Crippen LogP contribution >= 0.6 is 38.6 Å². The van der Waals surface area contributed by atoms with Crippen molar-refractivity contribution in [2.75, 3.05) is 0 Å². The first-order chi connectivity index (χ1) is 9.16. The summed E-state index contributed by atoms with van der Waals surface area (Å²) in [6.07, 6.45) is 5.10. The summed E-state index contributed by atoms with van der Waals surface area (Å²) in [6, 6.07) is 4.32. The molecule has 0 spiro atoms. The summed E-state index contributed by atoms with van der Waals surface area (Å²) in [5, 5.41) is 2.12. The molecule has 1 aliphatic carbocycles. The molecule has 3 rings (SSSR count). The Labute approximate surface area is 129 Å². The summed E-state index contributed by atoms with van der Waals surface area (Å²) >= 11 is 7.09. The molecule has 1 atom stereocenters. The molecular weight excluding hydrogens is 336 g/mol. The smallest absolute Gasteiger partial charge is 0.0823 e. The number of hydrogen-bond acceptors (Lipinski definition) is 2. The van der Waals surface area contributed by atoms with Gasteiger partial charge in [0.05, 0.1) is 14.1 Å². The molecule has 1 aliphatic rings. The maximum absolute atomic E-state index is 5.10. The number of hydrogen-bond donors (Lipinski definition) is 0. The summed E-state index contributed by atoms with van der Waals surface area (Å²) in [7, 11) is 0. The van der Waals surface area contributed by atoms with Gasteiger partial charge < -0.3 is 0 Å². The van der Waals surface area contributed by atoms with Crippen molar-refractivity contribution in [3.8, 4) is 45.8 Å². The normalized spacial score (nSPS) is 18.4. The number of terminal acetylenes is 1. The molecule has 90 valence electrons. The molecular formula is C16H7BrS2. The van der Waals surface area contributed by atoms with Crippen molar-refractivity contribution in [2.45, 2.75) is 12.3 Å². The van der Waals surface area contributed by atoms with E-state index in [9.17, 15) is 0 Å². The molecule has 0 aliphatic heterocycles. The standard InChI is InChI=1S/C16H7BrS2/c1-3-4-5-6-8-16(2)11-7-9-18-14(11)15-12(16)10-13(17)19-15/h1,7,9-10H,2H3. The Morgan fingerprint density at radius 1 is 1.21 bits per heavy atom. The van der Waals surface area contributed by atoms with E-state index in [4.69, 9.17) is 6.42 Å². The third-order valence-corrected chi connectivity index (χ3v) is 5.88. The van der Waals surface area contributed by atoms with Crippen molar-refractivity contribution in [2.24, 2.45) is 0 Å². The second-order valence-corrected chi connectivity index (χ2v) is 7.57. The van der Waals surface area contributed by atoms with E-state index in [-0.39, 0.29) is 5.41 Å². The molecule has 0 nitrogen and oxygen atoms in total. The zero-order valence-electron chi connectivity index (χ0n) is 10.0. The van der Waals surface area contributed by atoms with E-state index in [1.807, 2.05) is 0 Å². The first kappa shape index (κ1) is 12.6. The van der Waals surface area contributed by atoms with Crippen LogP contribution in [-0.2, 0) is 5.41 Å². The highest BCUT2D eigenvalue weighted by Gasteiger charge is 2.40. The van der Waals surface area contributed by atoms with Crippen molar-refractivity contribution < 1.29 is 0 Å². The summed E-state index contributed by atoms with van der Waals surface area (Å²) in [6.45, 7) is 2.15. The fraction of sp³-hybridized carbons (Fsp3) is 0.125. The molecule has 0 amide bonds. The number of fused-ring (bicyclic) bond motifs is 3. The predicted molar refractivity (Wildman–Crippen MR) is 86.2 cm³/mol. The van der Waals surface area contributed by atoms with Gasteiger partial charge in [0.15, 0.2) is 0 Å². The van der Waals surface area contributed by atoms with Crippen LogP contribution in [0.1, 0.15) is 18.1 Å². The highest BCUT2D eigenvalue weighted by Crippen LogP contribution is 2.55. The zero-order chi connectivity index (χ0) is 13.5. The molecule has 0 bridgehead atoms. The van der Waals surface area contributed by atoms with E-state index in [1.165, 1.54) is 20.9 Å². The molecule has 0 N–H and O–H groups in total. The lowest BCUT2D eigenvalue weighted by Gasteiger charge is -2.17. The Hall–Kier alpha value is -1.44. The van der Waals surface area contributed by atoms with Gasteiger partial charge in [-0.25, -0.2) is 0 Å². The third-order valence-electron chi connectivity index (χ3n) is 3.16. The van der Waals surface area contributed by atoms with Gasteiger partial charge in [0, 0.05) is 4.88 Å². The van der Waals surface area contributed by atoms with Crippen molar-refractivity contribution in [3.05, 3.63) is 32.4 Å². The van der Waals surface area contributed by atoms with Crippen molar-refractivity contribution in [3.63, 3.8) is 0 Å². The summed E-state index contributed by atoms with van der Waals surface area (Å²) in [5.41, 5.74) is 2.26. The third kappa shape index (κ3) is 1.85. The van der Waals surface area contributed by atoms with Crippen molar-refractivity contribution in [1.82, 2.24) is 0 Å². The van der Waals surface area contributed by atoms with Crippen molar-refractivity contribution in [1.29, 1.82) is 0 Å². The highest BCUT2D eigenvalue weighted by molar-refractivity contribution is 9.11. The topological polar surface area (TPSA) is 0 Å². The number of thiophene rings is 2. The van der Waals surface area contributed by atoms with Gasteiger partial charge in [0.25, 0.3) is 0 Å². The maximum Gasteiger partial charge on any atom is 0.0823 e.